The van der Waals surface area contributed by atoms with Gasteiger partial charge in [0.25, 0.3) is 0 Å². The Morgan fingerprint density at radius 3 is 2.76 bits per heavy atom. The average molecular weight is 296 g/mol. The van der Waals surface area contributed by atoms with Gasteiger partial charge in [-0.3, -0.25) is 9.48 Å². The highest BCUT2D eigenvalue weighted by Crippen LogP contribution is 2.19. The number of nitrogens with two attached hydrogens (primary N) is 1. The lowest BCUT2D eigenvalue weighted by molar-refractivity contribution is -0.152. The van der Waals surface area contributed by atoms with Crippen LogP contribution >= 0.6 is 0 Å². The maximum atomic E-state index is 11.9. The number of hydrogen-bond acceptors (Lipinski definition) is 5. The predicted octanol–water partition coefficient (Wildman–Crippen LogP) is 1.25. The summed E-state index contributed by atoms with van der Waals surface area (Å²) in [4.78, 5) is 23.6. The second-order valence-corrected chi connectivity index (χ2v) is 5.52. The number of carbonyl (C=O) groups excluding carboxylic acids is 2. The lowest BCUT2D eigenvalue weighted by atomic mass is 10.1. The minimum Gasteiger partial charge on any atom is -0.464 e. The SMILES string of the molecule is CCOC(=O)C(C)(C)n1cc(NC(=O)CCC(C)N)cn1. The van der Waals surface area contributed by atoms with Crippen molar-refractivity contribution in [2.24, 2.45) is 5.73 Å². The maximum Gasteiger partial charge on any atom is 0.333 e. The molecular weight excluding hydrogens is 272 g/mol. The van der Waals surface area contributed by atoms with Crippen molar-refractivity contribution in [3.63, 3.8) is 0 Å². The third-order valence-electron chi connectivity index (χ3n) is 3.04. The molecular formula is C14H24N4O3. The number of esters is 1. The van der Waals surface area contributed by atoms with Crippen LogP contribution in [-0.4, -0.2) is 34.3 Å². The van der Waals surface area contributed by atoms with Crippen LogP contribution < -0.4 is 11.1 Å². The van der Waals surface area contributed by atoms with Crippen molar-refractivity contribution in [3.8, 4) is 0 Å². The van der Waals surface area contributed by atoms with Gasteiger partial charge in [-0.05, 0) is 34.1 Å². The van der Waals surface area contributed by atoms with E-state index in [4.69, 9.17) is 10.5 Å². The fourth-order valence-corrected chi connectivity index (χ4v) is 1.68. The van der Waals surface area contributed by atoms with E-state index in [0.29, 0.717) is 25.1 Å². The van der Waals surface area contributed by atoms with Crippen LogP contribution in [0.3, 0.4) is 0 Å². The summed E-state index contributed by atoms with van der Waals surface area (Å²) in [5.41, 5.74) is 5.23. The van der Waals surface area contributed by atoms with Crippen molar-refractivity contribution in [1.29, 1.82) is 0 Å². The van der Waals surface area contributed by atoms with E-state index in [-0.39, 0.29) is 17.9 Å². The Bertz CT molecular complexity index is 494. The number of nitrogens with zero attached hydrogens (tertiary/aromatic N) is 2. The summed E-state index contributed by atoms with van der Waals surface area (Å²) in [6.07, 6.45) is 4.09. The Labute approximate surface area is 124 Å². The molecule has 1 unspecified atom stereocenters. The molecule has 0 fully saturated rings. The smallest absolute Gasteiger partial charge is 0.333 e. The molecule has 1 aromatic heterocycles. The van der Waals surface area contributed by atoms with Gasteiger partial charge in [0.2, 0.25) is 5.91 Å². The summed E-state index contributed by atoms with van der Waals surface area (Å²) in [7, 11) is 0. The normalized spacial score (nSPS) is 12.8. The number of carbonyl (C=O) groups is 2. The molecule has 1 aromatic rings. The van der Waals surface area contributed by atoms with Crippen molar-refractivity contribution >= 4 is 17.6 Å². The molecule has 1 atom stereocenters. The molecule has 0 aliphatic rings. The van der Waals surface area contributed by atoms with Gasteiger partial charge in [-0.15, -0.1) is 0 Å². The largest absolute Gasteiger partial charge is 0.464 e. The van der Waals surface area contributed by atoms with Crippen LogP contribution in [0.1, 0.15) is 40.5 Å². The second-order valence-electron chi connectivity index (χ2n) is 5.52. The molecule has 1 amide bonds. The molecule has 21 heavy (non-hydrogen) atoms. The Morgan fingerprint density at radius 1 is 1.52 bits per heavy atom. The Balaban J connectivity index is 2.68. The highest BCUT2D eigenvalue weighted by atomic mass is 16.5. The zero-order chi connectivity index (χ0) is 16.0. The third-order valence-corrected chi connectivity index (χ3v) is 3.04. The van der Waals surface area contributed by atoms with Crippen molar-refractivity contribution in [2.75, 3.05) is 11.9 Å². The molecule has 0 aromatic carbocycles. The Hall–Kier alpha value is -1.89. The fourth-order valence-electron chi connectivity index (χ4n) is 1.68. The van der Waals surface area contributed by atoms with Gasteiger partial charge in [-0.1, -0.05) is 0 Å². The predicted molar refractivity (Wildman–Crippen MR) is 79.7 cm³/mol. The van der Waals surface area contributed by atoms with Gasteiger partial charge in [0.1, 0.15) is 0 Å². The standard InChI is InChI=1S/C14H24N4O3/c1-5-21-13(20)14(3,4)18-9-11(8-16-18)17-12(19)7-6-10(2)15/h8-10H,5-7,15H2,1-4H3,(H,17,19). The van der Waals surface area contributed by atoms with E-state index in [9.17, 15) is 9.59 Å². The van der Waals surface area contributed by atoms with E-state index in [2.05, 4.69) is 10.4 Å². The highest BCUT2D eigenvalue weighted by Gasteiger charge is 2.32. The fraction of sp³-hybridized carbons (Fsp3) is 0.643. The molecule has 118 valence electrons. The van der Waals surface area contributed by atoms with Crippen molar-refractivity contribution < 1.29 is 14.3 Å². The summed E-state index contributed by atoms with van der Waals surface area (Å²) in [6, 6.07) is -0.0128. The molecule has 1 heterocycles. The molecule has 0 aliphatic carbocycles. The minimum atomic E-state index is -0.926. The quantitative estimate of drug-likeness (QED) is 0.738. The van der Waals surface area contributed by atoms with Gasteiger partial charge in [-0.25, -0.2) is 4.79 Å². The molecule has 0 aliphatic heterocycles. The lowest BCUT2D eigenvalue weighted by Gasteiger charge is -2.22. The Kier molecular flexibility index (Phi) is 5.90. The first-order valence-corrected chi connectivity index (χ1v) is 7.05. The van der Waals surface area contributed by atoms with Crippen LogP contribution in [-0.2, 0) is 19.9 Å². The number of nitrogens with one attached hydrogen (secondary N) is 1. The van der Waals surface area contributed by atoms with E-state index >= 15 is 0 Å². The van der Waals surface area contributed by atoms with E-state index in [1.807, 2.05) is 6.92 Å². The summed E-state index contributed by atoms with van der Waals surface area (Å²) in [5, 5.41) is 6.85. The third kappa shape index (κ3) is 4.86. The zero-order valence-electron chi connectivity index (χ0n) is 13.0. The molecule has 0 saturated carbocycles. The van der Waals surface area contributed by atoms with Gasteiger partial charge in [0.15, 0.2) is 5.54 Å². The monoisotopic (exact) mass is 296 g/mol. The average Bonchev–Trinajstić information content (AvgIpc) is 2.85. The number of anilines is 1. The van der Waals surface area contributed by atoms with Gasteiger partial charge >= 0.3 is 5.97 Å². The van der Waals surface area contributed by atoms with Gasteiger partial charge < -0.3 is 15.8 Å². The molecule has 7 nitrogen and oxygen atoms in total. The van der Waals surface area contributed by atoms with Gasteiger partial charge in [-0.2, -0.15) is 5.10 Å². The Morgan fingerprint density at radius 2 is 2.19 bits per heavy atom. The molecule has 0 radical (unpaired) electrons. The highest BCUT2D eigenvalue weighted by molar-refractivity contribution is 5.90. The maximum absolute atomic E-state index is 11.9. The number of hydrogen-bond donors (Lipinski definition) is 2. The van der Waals surface area contributed by atoms with Crippen LogP contribution in [0.2, 0.25) is 0 Å². The van der Waals surface area contributed by atoms with Crippen LogP contribution in [0.4, 0.5) is 5.69 Å². The lowest BCUT2D eigenvalue weighted by Crippen LogP contribution is -2.37. The first kappa shape index (κ1) is 17.2. The summed E-state index contributed by atoms with van der Waals surface area (Å²) in [6.45, 7) is 7.33. The van der Waals surface area contributed by atoms with E-state index in [0.717, 1.165) is 0 Å². The van der Waals surface area contributed by atoms with Crippen LogP contribution in [0.15, 0.2) is 12.4 Å². The van der Waals surface area contributed by atoms with Crippen molar-refractivity contribution in [3.05, 3.63) is 12.4 Å². The topological polar surface area (TPSA) is 99.2 Å². The summed E-state index contributed by atoms with van der Waals surface area (Å²) >= 11 is 0. The second kappa shape index (κ2) is 7.21. The summed E-state index contributed by atoms with van der Waals surface area (Å²) < 4.78 is 6.49. The van der Waals surface area contributed by atoms with E-state index in [1.54, 1.807) is 27.0 Å². The van der Waals surface area contributed by atoms with Crippen molar-refractivity contribution in [2.45, 2.75) is 52.1 Å². The number of ether oxygens (including phenoxy) is 1. The first-order valence-electron chi connectivity index (χ1n) is 7.05. The van der Waals surface area contributed by atoms with Crippen molar-refractivity contribution in [1.82, 2.24) is 9.78 Å². The van der Waals surface area contributed by atoms with Gasteiger partial charge in [0.05, 0.1) is 18.5 Å². The molecule has 0 saturated heterocycles. The minimum absolute atomic E-state index is 0.0128. The molecule has 0 spiro atoms. The van der Waals surface area contributed by atoms with E-state index in [1.165, 1.54) is 10.9 Å². The van der Waals surface area contributed by atoms with Gasteiger partial charge in [0, 0.05) is 18.7 Å². The molecule has 0 bridgehead atoms. The van der Waals surface area contributed by atoms with E-state index < -0.39 is 5.54 Å². The number of rotatable bonds is 7. The first-order chi connectivity index (χ1) is 9.77. The molecule has 1 rings (SSSR count). The van der Waals surface area contributed by atoms with Crippen LogP contribution in [0.25, 0.3) is 0 Å². The summed E-state index contributed by atoms with van der Waals surface area (Å²) in [5.74, 6) is -0.497. The zero-order valence-corrected chi connectivity index (χ0v) is 13.0. The molecule has 3 N–H and O–H groups in total. The van der Waals surface area contributed by atoms with Crippen LogP contribution in [0.5, 0.6) is 0 Å². The van der Waals surface area contributed by atoms with Crippen LogP contribution in [0, 0.1) is 0 Å². The molecule has 7 heteroatoms. The number of aromatic nitrogens is 2. The number of amides is 1.